The number of rotatable bonds is 12. The number of aliphatic hydroxyl groups excluding tert-OH is 1. The van der Waals surface area contributed by atoms with Crippen LogP contribution in [0.25, 0.3) is 6.08 Å². The molecule has 9 atom stereocenters. The lowest BCUT2D eigenvalue weighted by Crippen LogP contribution is -2.70. The van der Waals surface area contributed by atoms with E-state index in [0.717, 1.165) is 5.56 Å². The van der Waals surface area contributed by atoms with Crippen LogP contribution >= 0.6 is 0 Å². The van der Waals surface area contributed by atoms with Crippen molar-refractivity contribution >= 4 is 41.8 Å². The summed E-state index contributed by atoms with van der Waals surface area (Å²) in [7, 11) is 0. The molecule has 17 nitrogen and oxygen atoms in total. The summed E-state index contributed by atoms with van der Waals surface area (Å²) in [4.78, 5) is 87.6. The van der Waals surface area contributed by atoms with E-state index in [2.05, 4.69) is 5.32 Å². The number of fused-ring (bicyclic) bond motifs is 4. The van der Waals surface area contributed by atoms with Crippen molar-refractivity contribution in [3.8, 4) is 0 Å². The average molecular weight is 798 g/mol. The fourth-order valence-electron chi connectivity index (χ4n) is 8.72. The van der Waals surface area contributed by atoms with Gasteiger partial charge >= 0.3 is 23.9 Å². The summed E-state index contributed by atoms with van der Waals surface area (Å²) in [5, 5.41) is 14.3. The molecule has 2 bridgehead atoms. The van der Waals surface area contributed by atoms with Gasteiger partial charge < -0.3 is 43.7 Å². The molecule has 5 aliphatic heterocycles. The van der Waals surface area contributed by atoms with Crippen LogP contribution in [0.2, 0.25) is 0 Å². The van der Waals surface area contributed by atoms with E-state index in [1.807, 2.05) is 0 Å². The summed E-state index contributed by atoms with van der Waals surface area (Å²) in [5.41, 5.74) is -1.39. The number of carbonyl (C=O) groups is 6. The third-order valence-electron chi connectivity index (χ3n) is 11.4. The van der Waals surface area contributed by atoms with Crippen LogP contribution in [0.15, 0.2) is 30.3 Å². The zero-order valence-corrected chi connectivity index (χ0v) is 32.8. The maximum absolute atomic E-state index is 15.0. The topological polar surface area (TPSA) is 206 Å². The molecule has 1 aromatic rings. The lowest BCUT2D eigenvalue weighted by Gasteiger charge is -2.50. The highest BCUT2D eigenvalue weighted by Crippen LogP contribution is 2.56. The van der Waals surface area contributed by atoms with Crippen molar-refractivity contribution in [2.75, 3.05) is 26.6 Å². The van der Waals surface area contributed by atoms with Gasteiger partial charge in [-0.2, -0.15) is 5.06 Å². The second-order valence-corrected chi connectivity index (χ2v) is 17.3. The van der Waals surface area contributed by atoms with Crippen LogP contribution in [0.3, 0.4) is 0 Å². The lowest BCUT2D eigenvalue weighted by molar-refractivity contribution is -0.204. The number of hydrogen-bond acceptors (Lipinski definition) is 15. The molecule has 57 heavy (non-hydrogen) atoms. The van der Waals surface area contributed by atoms with Crippen molar-refractivity contribution in [1.29, 1.82) is 0 Å². The predicted molar refractivity (Wildman–Crippen MR) is 195 cm³/mol. The summed E-state index contributed by atoms with van der Waals surface area (Å²) in [6.07, 6.45) is -0.153. The second kappa shape index (κ2) is 15.7. The lowest BCUT2D eigenvalue weighted by atomic mass is 9.62. The number of ether oxygens (including phenoxy) is 6. The van der Waals surface area contributed by atoms with Crippen molar-refractivity contribution in [2.24, 2.45) is 10.8 Å². The van der Waals surface area contributed by atoms with Gasteiger partial charge in [0, 0.05) is 30.9 Å². The van der Waals surface area contributed by atoms with Gasteiger partial charge in [-0.1, -0.05) is 38.1 Å². The minimum Gasteiger partial charge on any atom is -0.462 e. The van der Waals surface area contributed by atoms with Gasteiger partial charge in [-0.25, -0.2) is 9.59 Å². The minimum atomic E-state index is -1.46. The van der Waals surface area contributed by atoms with Crippen LogP contribution in [0.4, 0.5) is 0 Å². The van der Waals surface area contributed by atoms with Crippen LogP contribution in [-0.2, 0) is 68.6 Å². The van der Waals surface area contributed by atoms with E-state index in [1.165, 1.54) is 16.0 Å². The van der Waals surface area contributed by atoms with Crippen LogP contribution in [0.5, 0.6) is 0 Å². The Morgan fingerprint density at radius 1 is 1.07 bits per heavy atom. The Balaban J connectivity index is 1.06. The van der Waals surface area contributed by atoms with Gasteiger partial charge in [0.1, 0.15) is 54.9 Å². The van der Waals surface area contributed by atoms with Crippen molar-refractivity contribution in [3.63, 3.8) is 0 Å². The number of carbonyl (C=O) groups excluding carboxylic acids is 6. The van der Waals surface area contributed by atoms with E-state index >= 15 is 4.79 Å². The van der Waals surface area contributed by atoms with Crippen LogP contribution in [0, 0.1) is 10.8 Å². The first kappa shape index (κ1) is 40.8. The summed E-state index contributed by atoms with van der Waals surface area (Å²) >= 11 is 0. The molecule has 9 unspecified atom stereocenters. The molecule has 5 saturated heterocycles. The molecule has 1 aliphatic carbocycles. The number of nitrogens with zero attached hydrogens (tertiary/aromatic N) is 2. The van der Waals surface area contributed by atoms with E-state index in [0.29, 0.717) is 18.4 Å². The predicted octanol–water partition coefficient (Wildman–Crippen LogP) is 1.33. The van der Waals surface area contributed by atoms with Crippen molar-refractivity contribution < 1.29 is 67.1 Å². The van der Waals surface area contributed by atoms with Gasteiger partial charge in [0.25, 0.3) is 0 Å². The molecular weight excluding hydrogens is 746 g/mol. The monoisotopic (exact) mass is 797 g/mol. The third kappa shape index (κ3) is 8.04. The fraction of sp³-hybridized carbons (Fsp3) is 0.650. The smallest absolute Gasteiger partial charge is 0.348 e. The van der Waals surface area contributed by atoms with E-state index in [9.17, 15) is 29.1 Å². The number of likely N-dealkylation sites (tertiary alicyclic amines) is 1. The minimum absolute atomic E-state index is 0.0176. The van der Waals surface area contributed by atoms with Gasteiger partial charge in [0.05, 0.1) is 19.2 Å². The van der Waals surface area contributed by atoms with Crippen LogP contribution < -0.4 is 5.32 Å². The zero-order chi connectivity index (χ0) is 40.9. The molecule has 6 fully saturated rings. The molecule has 1 saturated carbocycles. The molecule has 7 rings (SSSR count). The van der Waals surface area contributed by atoms with Gasteiger partial charge in [-0.15, -0.1) is 0 Å². The molecule has 0 aromatic heterocycles. The van der Waals surface area contributed by atoms with E-state index in [-0.39, 0.29) is 45.8 Å². The highest BCUT2D eigenvalue weighted by atomic mass is 16.8. The molecule has 5 heterocycles. The molecule has 310 valence electrons. The number of cyclic esters (lactones) is 1. The van der Waals surface area contributed by atoms with Gasteiger partial charge in [-0.3, -0.25) is 24.0 Å². The fourth-order valence-corrected chi connectivity index (χ4v) is 8.72. The van der Waals surface area contributed by atoms with Gasteiger partial charge in [-0.05, 0) is 57.2 Å². The Bertz CT molecular complexity index is 1790. The largest absolute Gasteiger partial charge is 0.462 e. The zero-order valence-electron chi connectivity index (χ0n) is 32.8. The first-order valence-electron chi connectivity index (χ1n) is 19.5. The Kier molecular flexibility index (Phi) is 11.3. The number of benzene rings is 1. The Morgan fingerprint density at radius 3 is 2.49 bits per heavy atom. The molecule has 6 aliphatic rings. The molecule has 2 amide bonds. The van der Waals surface area contributed by atoms with Gasteiger partial charge in [0.2, 0.25) is 17.9 Å². The quantitative estimate of drug-likeness (QED) is 0.174. The molecule has 17 heteroatoms. The molecular formula is C40H51N3O14. The number of hydrogen-bond donors (Lipinski definition) is 2. The summed E-state index contributed by atoms with van der Waals surface area (Å²) in [5.74, 6) is -3.26. The highest BCUT2D eigenvalue weighted by molar-refractivity contribution is 5.97. The van der Waals surface area contributed by atoms with Gasteiger partial charge in [0.15, 0.2) is 6.04 Å². The number of hydroxylamine groups is 2. The Morgan fingerprint density at radius 2 is 1.81 bits per heavy atom. The second-order valence-electron chi connectivity index (χ2n) is 17.3. The van der Waals surface area contributed by atoms with E-state index in [1.54, 1.807) is 65.0 Å². The van der Waals surface area contributed by atoms with Crippen molar-refractivity contribution in [3.05, 3.63) is 41.5 Å². The number of amides is 2. The number of nitrogens with one attached hydrogen (secondary N) is 1. The van der Waals surface area contributed by atoms with E-state index < -0.39 is 107 Å². The summed E-state index contributed by atoms with van der Waals surface area (Å²) in [6, 6.07) is 4.30. The first-order valence-corrected chi connectivity index (χ1v) is 19.5. The van der Waals surface area contributed by atoms with E-state index in [4.69, 9.17) is 33.3 Å². The average Bonchev–Trinajstić information content (AvgIpc) is 3.95. The SMILES string of the molecule is CC(C)(C)OC(=O)CCC(CO)NC(=O)C1CCCN1C(=O)C12CC3OC(=O)C1N(Cc1ccc(C=CC(=O)OC4C(=O)OCC4(C)C)cc1)OC2C1OCOC31. The maximum Gasteiger partial charge on any atom is 0.348 e. The first-order chi connectivity index (χ1) is 27.0. The molecule has 0 radical (unpaired) electrons. The third-order valence-corrected chi connectivity index (χ3v) is 11.4. The maximum atomic E-state index is 15.0. The van der Waals surface area contributed by atoms with Crippen molar-refractivity contribution in [1.82, 2.24) is 15.3 Å². The molecule has 0 spiro atoms. The standard InChI is InChI=1S/C40H51N3O14/c1-38(2,3)56-28(46)15-13-24(19-44)41-34(47)25-7-6-16-42(25)37(50)40-17-26-29-30(53-21-52-29)32(40)57-43(31(40)35(48)54-26)18-23-10-8-22(9-11-23)12-14-27(45)55-33-36(49)51-20-39(33,4)5/h8-12,14,24-26,29-33,44H,6-7,13,15-21H2,1-5H3,(H,41,47). The van der Waals surface area contributed by atoms with Crippen LogP contribution in [-0.4, -0.2) is 132 Å². The number of aliphatic hydroxyl groups is 1. The Hall–Kier alpha value is -4.42. The normalized spacial score (nSPS) is 32.1. The Labute approximate surface area is 330 Å². The van der Waals surface area contributed by atoms with Crippen LogP contribution in [0.1, 0.15) is 77.8 Å². The highest BCUT2D eigenvalue weighted by Gasteiger charge is 2.75. The van der Waals surface area contributed by atoms with Crippen molar-refractivity contribution in [2.45, 2.75) is 128 Å². The summed E-state index contributed by atoms with van der Waals surface area (Å²) < 4.78 is 33.5. The molecule has 1 aromatic carbocycles. The number of esters is 4. The molecule has 2 N–H and O–H groups in total. The summed E-state index contributed by atoms with van der Waals surface area (Å²) in [6.45, 7) is 8.85.